The lowest BCUT2D eigenvalue weighted by Crippen LogP contribution is -2.51. The van der Waals surface area contributed by atoms with Crippen molar-refractivity contribution < 1.29 is 14.7 Å². The highest BCUT2D eigenvalue weighted by Crippen LogP contribution is 2.28. The van der Waals surface area contributed by atoms with Crippen molar-refractivity contribution in [3.8, 4) is 0 Å². The van der Waals surface area contributed by atoms with E-state index in [1.54, 1.807) is 11.0 Å². The number of carbonyl (C=O) groups is 2. The van der Waals surface area contributed by atoms with Gasteiger partial charge in [-0.05, 0) is 41.3 Å². The summed E-state index contributed by atoms with van der Waals surface area (Å²) in [6, 6.07) is 12.0. The third-order valence-corrected chi connectivity index (χ3v) is 5.86. The topological polar surface area (TPSA) is 85.4 Å². The van der Waals surface area contributed by atoms with Crippen LogP contribution in [0.1, 0.15) is 29.5 Å². The minimum absolute atomic E-state index is 0.371. The monoisotopic (exact) mass is 411 g/mol. The number of nitrogens with zero attached hydrogens (tertiary/aromatic N) is 1. The Morgan fingerprint density at radius 3 is 2.79 bits per heavy atom. The molecule has 150 valence electrons. The molecule has 2 atom stereocenters. The van der Waals surface area contributed by atoms with Crippen molar-refractivity contribution in [2.24, 2.45) is 0 Å². The highest BCUT2D eigenvalue weighted by Gasteiger charge is 2.31. The van der Waals surface area contributed by atoms with Gasteiger partial charge in [-0.15, -0.1) is 0 Å². The zero-order valence-electron chi connectivity index (χ0n) is 16.0. The summed E-state index contributed by atoms with van der Waals surface area (Å²) >= 11 is 6.04. The number of rotatable bonds is 4. The first-order valence-corrected chi connectivity index (χ1v) is 9.93. The molecular weight excluding hydrogens is 390 g/mol. The summed E-state index contributed by atoms with van der Waals surface area (Å²) in [5.41, 5.74) is 3.97. The zero-order chi connectivity index (χ0) is 20.5. The van der Waals surface area contributed by atoms with E-state index in [0.717, 1.165) is 27.6 Å². The minimum Gasteiger partial charge on any atom is -0.480 e. The maximum atomic E-state index is 12.8. The summed E-state index contributed by atoms with van der Waals surface area (Å²) in [6.45, 7) is 2.78. The Kier molecular flexibility index (Phi) is 5.20. The Labute approximate surface area is 173 Å². The van der Waals surface area contributed by atoms with Crippen LogP contribution in [-0.4, -0.2) is 39.6 Å². The number of carboxylic acid groups (broad SMARTS) is 1. The van der Waals surface area contributed by atoms with E-state index in [1.807, 2.05) is 49.5 Å². The molecule has 3 N–H and O–H groups in total. The Morgan fingerprint density at radius 1 is 1.21 bits per heavy atom. The Morgan fingerprint density at radius 2 is 2.00 bits per heavy atom. The SMILES string of the molecule is C[C@@H](c1c[nH]c2ccccc12)[C@@H](NC(=O)N1CCc2cc(Cl)ccc2C1)C(=O)O. The van der Waals surface area contributed by atoms with Crippen molar-refractivity contribution in [1.29, 1.82) is 0 Å². The number of amides is 2. The molecule has 0 saturated heterocycles. The van der Waals surface area contributed by atoms with Crippen LogP contribution in [0.25, 0.3) is 10.9 Å². The van der Waals surface area contributed by atoms with E-state index in [2.05, 4.69) is 10.3 Å². The predicted octanol–water partition coefficient (Wildman–Crippen LogP) is 4.15. The van der Waals surface area contributed by atoms with Gasteiger partial charge in [-0.25, -0.2) is 9.59 Å². The molecule has 2 heterocycles. The molecule has 4 rings (SSSR count). The second-order valence-corrected chi connectivity index (χ2v) is 7.86. The number of nitrogens with one attached hydrogen (secondary N) is 2. The fourth-order valence-electron chi connectivity index (χ4n) is 3.97. The number of aromatic amines is 1. The van der Waals surface area contributed by atoms with Crippen LogP contribution in [0.2, 0.25) is 5.02 Å². The molecule has 2 aromatic carbocycles. The molecule has 0 aliphatic carbocycles. The number of benzene rings is 2. The molecule has 0 saturated carbocycles. The molecule has 3 aromatic rings. The quantitative estimate of drug-likeness (QED) is 0.603. The first-order valence-electron chi connectivity index (χ1n) is 9.55. The highest BCUT2D eigenvalue weighted by molar-refractivity contribution is 6.30. The van der Waals surface area contributed by atoms with E-state index >= 15 is 0 Å². The van der Waals surface area contributed by atoms with Crippen LogP contribution in [0.4, 0.5) is 4.79 Å². The number of aliphatic carboxylic acids is 1. The molecule has 7 heteroatoms. The van der Waals surface area contributed by atoms with Crippen molar-refractivity contribution >= 4 is 34.5 Å². The van der Waals surface area contributed by atoms with Gasteiger partial charge in [0.25, 0.3) is 0 Å². The second kappa shape index (κ2) is 7.79. The van der Waals surface area contributed by atoms with Gasteiger partial charge in [0.15, 0.2) is 0 Å². The van der Waals surface area contributed by atoms with E-state index in [9.17, 15) is 14.7 Å². The average molecular weight is 412 g/mol. The molecule has 1 aromatic heterocycles. The average Bonchev–Trinajstić information content (AvgIpc) is 3.15. The summed E-state index contributed by atoms with van der Waals surface area (Å²) in [5, 5.41) is 14.2. The molecule has 0 radical (unpaired) electrons. The summed E-state index contributed by atoms with van der Waals surface area (Å²) < 4.78 is 0. The Balaban J connectivity index is 1.52. The first kappa shape index (κ1) is 19.3. The third-order valence-electron chi connectivity index (χ3n) is 5.62. The van der Waals surface area contributed by atoms with Gasteiger partial charge in [-0.2, -0.15) is 0 Å². The van der Waals surface area contributed by atoms with Gasteiger partial charge in [0.1, 0.15) is 6.04 Å². The lowest BCUT2D eigenvalue weighted by atomic mass is 9.93. The molecule has 0 fully saturated rings. The van der Waals surface area contributed by atoms with Gasteiger partial charge < -0.3 is 20.3 Å². The molecule has 29 heavy (non-hydrogen) atoms. The van der Waals surface area contributed by atoms with Crippen molar-refractivity contribution in [2.45, 2.75) is 31.8 Å². The van der Waals surface area contributed by atoms with Gasteiger partial charge >= 0.3 is 12.0 Å². The van der Waals surface area contributed by atoms with Crippen LogP contribution in [0.3, 0.4) is 0 Å². The van der Waals surface area contributed by atoms with Gasteiger partial charge in [-0.3, -0.25) is 0 Å². The first-order chi connectivity index (χ1) is 13.9. The lowest BCUT2D eigenvalue weighted by molar-refractivity contribution is -0.139. The molecule has 1 aliphatic heterocycles. The van der Waals surface area contributed by atoms with Crippen molar-refractivity contribution in [3.63, 3.8) is 0 Å². The Hall–Kier alpha value is -2.99. The van der Waals surface area contributed by atoms with Crippen LogP contribution >= 0.6 is 11.6 Å². The van der Waals surface area contributed by atoms with Crippen LogP contribution in [-0.2, 0) is 17.8 Å². The van der Waals surface area contributed by atoms with Crippen LogP contribution in [0.15, 0.2) is 48.7 Å². The normalized spacial score (nSPS) is 15.6. The number of hydrogen-bond donors (Lipinski definition) is 3. The van der Waals surface area contributed by atoms with E-state index in [-0.39, 0.29) is 6.03 Å². The molecule has 0 unspecified atom stereocenters. The van der Waals surface area contributed by atoms with Crippen LogP contribution in [0.5, 0.6) is 0 Å². The number of aromatic nitrogens is 1. The van der Waals surface area contributed by atoms with Gasteiger partial charge in [0.2, 0.25) is 0 Å². The molecular formula is C22H22ClN3O3. The number of halogens is 1. The third kappa shape index (κ3) is 3.80. The number of carboxylic acids is 1. The molecule has 1 aliphatic rings. The van der Waals surface area contributed by atoms with Crippen LogP contribution in [0, 0.1) is 0 Å². The van der Waals surface area contributed by atoms with Gasteiger partial charge in [0.05, 0.1) is 0 Å². The largest absolute Gasteiger partial charge is 0.480 e. The summed E-state index contributed by atoms with van der Waals surface area (Å²) in [5.74, 6) is -1.45. The maximum absolute atomic E-state index is 12.8. The minimum atomic E-state index is -1.06. The molecule has 0 bridgehead atoms. The number of carbonyl (C=O) groups excluding carboxylic acids is 1. The van der Waals surface area contributed by atoms with Gasteiger partial charge in [-0.1, -0.05) is 42.8 Å². The maximum Gasteiger partial charge on any atom is 0.326 e. The molecule has 2 amide bonds. The standard InChI is InChI=1S/C22H22ClN3O3/c1-13(18-11-24-19-5-3-2-4-17(18)19)20(21(27)28)25-22(29)26-9-8-14-10-16(23)7-6-15(14)12-26/h2-7,10-11,13,20,24H,8-9,12H2,1H3,(H,25,29)(H,27,28)/t13-,20+/m0/s1. The highest BCUT2D eigenvalue weighted by atomic mass is 35.5. The molecule has 6 nitrogen and oxygen atoms in total. The van der Waals surface area contributed by atoms with Crippen molar-refractivity contribution in [2.75, 3.05) is 6.54 Å². The van der Waals surface area contributed by atoms with E-state index < -0.39 is 17.9 Å². The number of urea groups is 1. The summed E-state index contributed by atoms with van der Waals surface area (Å²) in [4.78, 5) is 29.6. The predicted molar refractivity (Wildman–Crippen MR) is 112 cm³/mol. The Bertz CT molecular complexity index is 1080. The summed E-state index contributed by atoms with van der Waals surface area (Å²) in [6.07, 6.45) is 2.51. The lowest BCUT2D eigenvalue weighted by Gasteiger charge is -2.31. The fourth-order valence-corrected chi connectivity index (χ4v) is 4.16. The smallest absolute Gasteiger partial charge is 0.326 e. The van der Waals surface area contributed by atoms with E-state index in [4.69, 9.17) is 11.6 Å². The summed E-state index contributed by atoms with van der Waals surface area (Å²) in [7, 11) is 0. The number of H-pyrrole nitrogens is 1. The van der Waals surface area contributed by atoms with Gasteiger partial charge in [0, 0.05) is 41.1 Å². The van der Waals surface area contributed by atoms with E-state index in [0.29, 0.717) is 24.5 Å². The zero-order valence-corrected chi connectivity index (χ0v) is 16.7. The fraction of sp³-hybridized carbons (Fsp3) is 0.273. The van der Waals surface area contributed by atoms with E-state index in [1.165, 1.54) is 0 Å². The number of hydrogen-bond acceptors (Lipinski definition) is 2. The number of para-hydroxylation sites is 1. The second-order valence-electron chi connectivity index (χ2n) is 7.43. The number of fused-ring (bicyclic) bond motifs is 2. The molecule has 0 spiro atoms. The van der Waals surface area contributed by atoms with Crippen molar-refractivity contribution in [3.05, 3.63) is 70.4 Å². The van der Waals surface area contributed by atoms with Crippen LogP contribution < -0.4 is 5.32 Å². The van der Waals surface area contributed by atoms with Crippen molar-refractivity contribution in [1.82, 2.24) is 15.2 Å².